The summed E-state index contributed by atoms with van der Waals surface area (Å²) < 4.78 is 4.92. The number of nitrogens with one attached hydrogen (secondary N) is 1. The van der Waals surface area contributed by atoms with Crippen molar-refractivity contribution in [3.8, 4) is 0 Å². The van der Waals surface area contributed by atoms with Crippen molar-refractivity contribution in [2.45, 2.75) is 39.5 Å². The normalized spacial score (nSPS) is 13.0. The molecule has 2 amide bonds. The van der Waals surface area contributed by atoms with Crippen LogP contribution in [0.15, 0.2) is 0 Å². The molecule has 0 saturated carbocycles. The Kier molecular flexibility index (Phi) is 5.18. The van der Waals surface area contributed by atoms with E-state index < -0.39 is 18.5 Å². The van der Waals surface area contributed by atoms with Crippen LogP contribution in [0.3, 0.4) is 0 Å². The molecule has 7 heteroatoms. The highest BCUT2D eigenvalue weighted by Gasteiger charge is 2.28. The smallest absolute Gasteiger partial charge is 0.341 e. The number of hydrogen-bond donors (Lipinski definition) is 2. The van der Waals surface area contributed by atoms with Gasteiger partial charge in [0.05, 0.1) is 5.56 Å². The largest absolute Gasteiger partial charge is 0.452 e. The van der Waals surface area contributed by atoms with Crippen molar-refractivity contribution in [2.75, 3.05) is 11.9 Å². The van der Waals surface area contributed by atoms with Crippen LogP contribution in [0, 0.1) is 5.92 Å². The molecule has 120 valence electrons. The van der Waals surface area contributed by atoms with Gasteiger partial charge >= 0.3 is 5.97 Å². The first-order valence-electron chi connectivity index (χ1n) is 7.28. The lowest BCUT2D eigenvalue weighted by Gasteiger charge is -2.09. The standard InChI is InChI=1S/C15H20N2O4S/c1-8(2)6-12(19)17-14-13(15(20)21-7-11(16)18)9-4-3-5-10(9)22-14/h8H,3-7H2,1-2H3,(H2,16,18)(H,17,19). The van der Waals surface area contributed by atoms with Crippen LogP contribution in [-0.2, 0) is 27.2 Å². The van der Waals surface area contributed by atoms with Gasteiger partial charge in [-0.1, -0.05) is 13.8 Å². The molecule has 1 aliphatic rings. The van der Waals surface area contributed by atoms with Crippen molar-refractivity contribution in [2.24, 2.45) is 11.7 Å². The molecule has 6 nitrogen and oxygen atoms in total. The lowest BCUT2D eigenvalue weighted by molar-refractivity contribution is -0.121. The van der Waals surface area contributed by atoms with Gasteiger partial charge in [0, 0.05) is 11.3 Å². The van der Waals surface area contributed by atoms with Crippen LogP contribution in [0.2, 0.25) is 0 Å². The van der Waals surface area contributed by atoms with E-state index in [4.69, 9.17) is 10.5 Å². The Labute approximate surface area is 133 Å². The summed E-state index contributed by atoms with van der Waals surface area (Å²) in [5.74, 6) is -1.19. The summed E-state index contributed by atoms with van der Waals surface area (Å²) >= 11 is 1.42. The molecule has 1 aliphatic carbocycles. The predicted molar refractivity (Wildman–Crippen MR) is 83.9 cm³/mol. The van der Waals surface area contributed by atoms with E-state index in [-0.39, 0.29) is 11.8 Å². The number of anilines is 1. The van der Waals surface area contributed by atoms with E-state index in [0.717, 1.165) is 29.7 Å². The highest BCUT2D eigenvalue weighted by Crippen LogP contribution is 2.39. The van der Waals surface area contributed by atoms with Crippen molar-refractivity contribution in [3.63, 3.8) is 0 Å². The molecule has 0 spiro atoms. The number of fused-ring (bicyclic) bond motifs is 1. The van der Waals surface area contributed by atoms with Gasteiger partial charge in [-0.05, 0) is 30.7 Å². The Balaban J connectivity index is 2.21. The van der Waals surface area contributed by atoms with E-state index in [1.807, 2.05) is 13.8 Å². The highest BCUT2D eigenvalue weighted by atomic mass is 32.1. The molecule has 1 heterocycles. The Bertz CT molecular complexity index is 607. The minimum Gasteiger partial charge on any atom is -0.452 e. The van der Waals surface area contributed by atoms with Gasteiger partial charge in [0.25, 0.3) is 5.91 Å². The molecule has 0 aromatic carbocycles. The van der Waals surface area contributed by atoms with Gasteiger partial charge in [-0.2, -0.15) is 0 Å². The SMILES string of the molecule is CC(C)CC(=O)Nc1sc2c(c1C(=O)OCC(N)=O)CCC2. The summed E-state index contributed by atoms with van der Waals surface area (Å²) in [5, 5.41) is 3.32. The Morgan fingerprint density at radius 2 is 2.05 bits per heavy atom. The van der Waals surface area contributed by atoms with E-state index in [1.54, 1.807) is 0 Å². The van der Waals surface area contributed by atoms with E-state index >= 15 is 0 Å². The van der Waals surface area contributed by atoms with Gasteiger partial charge in [-0.15, -0.1) is 11.3 Å². The van der Waals surface area contributed by atoms with Crippen LogP contribution in [0.1, 0.15) is 47.5 Å². The fraction of sp³-hybridized carbons (Fsp3) is 0.533. The number of esters is 1. The van der Waals surface area contributed by atoms with Gasteiger partial charge in [0.2, 0.25) is 5.91 Å². The third kappa shape index (κ3) is 3.85. The van der Waals surface area contributed by atoms with Gasteiger partial charge in [-0.25, -0.2) is 4.79 Å². The number of primary amides is 1. The second kappa shape index (κ2) is 6.91. The Hall–Kier alpha value is -1.89. The first-order chi connectivity index (χ1) is 10.4. The summed E-state index contributed by atoms with van der Waals surface area (Å²) in [6, 6.07) is 0. The van der Waals surface area contributed by atoms with Crippen LogP contribution in [-0.4, -0.2) is 24.4 Å². The van der Waals surface area contributed by atoms with Crippen molar-refractivity contribution < 1.29 is 19.1 Å². The summed E-state index contributed by atoms with van der Waals surface area (Å²) in [4.78, 5) is 36.1. The quantitative estimate of drug-likeness (QED) is 0.780. The zero-order chi connectivity index (χ0) is 16.3. The maximum Gasteiger partial charge on any atom is 0.341 e. The second-order valence-corrected chi connectivity index (χ2v) is 6.86. The fourth-order valence-corrected chi connectivity index (χ4v) is 3.76. The topological polar surface area (TPSA) is 98.5 Å². The van der Waals surface area contributed by atoms with Gasteiger partial charge < -0.3 is 15.8 Å². The molecule has 2 rings (SSSR count). The maximum absolute atomic E-state index is 12.2. The molecular formula is C15H20N2O4S. The molecule has 1 aromatic rings. The first-order valence-corrected chi connectivity index (χ1v) is 8.10. The van der Waals surface area contributed by atoms with E-state index in [9.17, 15) is 14.4 Å². The number of amides is 2. The third-order valence-electron chi connectivity index (χ3n) is 3.32. The molecule has 1 aromatic heterocycles. The van der Waals surface area contributed by atoms with E-state index in [2.05, 4.69) is 5.32 Å². The summed E-state index contributed by atoms with van der Waals surface area (Å²) in [6.07, 6.45) is 3.05. The number of thiophene rings is 1. The van der Waals surface area contributed by atoms with Gasteiger partial charge in [0.1, 0.15) is 5.00 Å². The lowest BCUT2D eigenvalue weighted by atomic mass is 10.1. The number of carbonyl (C=O) groups excluding carboxylic acids is 3. The molecule has 0 fully saturated rings. The van der Waals surface area contributed by atoms with Crippen molar-refractivity contribution in [1.29, 1.82) is 0 Å². The zero-order valence-electron chi connectivity index (χ0n) is 12.7. The average Bonchev–Trinajstić information content (AvgIpc) is 2.94. The molecule has 0 radical (unpaired) electrons. The number of nitrogens with two attached hydrogens (primary N) is 1. The Morgan fingerprint density at radius 1 is 1.32 bits per heavy atom. The minimum atomic E-state index is -0.703. The Morgan fingerprint density at radius 3 is 2.68 bits per heavy atom. The molecule has 0 saturated heterocycles. The van der Waals surface area contributed by atoms with Crippen molar-refractivity contribution in [1.82, 2.24) is 0 Å². The highest BCUT2D eigenvalue weighted by molar-refractivity contribution is 7.17. The monoisotopic (exact) mass is 324 g/mol. The summed E-state index contributed by atoms with van der Waals surface area (Å²) in [7, 11) is 0. The van der Waals surface area contributed by atoms with Crippen LogP contribution < -0.4 is 11.1 Å². The van der Waals surface area contributed by atoms with Crippen LogP contribution in [0.4, 0.5) is 5.00 Å². The maximum atomic E-state index is 12.2. The average molecular weight is 324 g/mol. The number of carbonyl (C=O) groups is 3. The molecule has 3 N–H and O–H groups in total. The van der Waals surface area contributed by atoms with E-state index in [1.165, 1.54) is 11.3 Å². The first kappa shape index (κ1) is 16.5. The summed E-state index contributed by atoms with van der Waals surface area (Å²) in [5.41, 5.74) is 6.31. The molecule has 0 unspecified atom stereocenters. The molecule has 0 bridgehead atoms. The van der Waals surface area contributed by atoms with Crippen molar-refractivity contribution in [3.05, 3.63) is 16.0 Å². The van der Waals surface area contributed by atoms with Gasteiger partial charge in [-0.3, -0.25) is 9.59 Å². The van der Waals surface area contributed by atoms with Crippen LogP contribution in [0.25, 0.3) is 0 Å². The van der Waals surface area contributed by atoms with Crippen LogP contribution >= 0.6 is 11.3 Å². The van der Waals surface area contributed by atoms with Gasteiger partial charge in [0.15, 0.2) is 6.61 Å². The lowest BCUT2D eigenvalue weighted by Crippen LogP contribution is -2.22. The number of ether oxygens (including phenoxy) is 1. The molecule has 0 aliphatic heterocycles. The van der Waals surface area contributed by atoms with Crippen LogP contribution in [0.5, 0.6) is 0 Å². The van der Waals surface area contributed by atoms with Crippen molar-refractivity contribution >= 4 is 34.1 Å². The fourth-order valence-electron chi connectivity index (χ4n) is 2.47. The summed E-state index contributed by atoms with van der Waals surface area (Å²) in [6.45, 7) is 3.45. The molecular weight excluding hydrogens is 304 g/mol. The third-order valence-corrected chi connectivity index (χ3v) is 4.52. The predicted octanol–water partition coefficient (Wildman–Crippen LogP) is 1.86. The van der Waals surface area contributed by atoms with E-state index in [0.29, 0.717) is 17.0 Å². The minimum absolute atomic E-state index is 0.126. The number of rotatable bonds is 6. The number of hydrogen-bond acceptors (Lipinski definition) is 5. The zero-order valence-corrected chi connectivity index (χ0v) is 13.5. The molecule has 22 heavy (non-hydrogen) atoms. The second-order valence-electron chi connectivity index (χ2n) is 5.75. The molecule has 0 atom stereocenters. The number of aryl methyl sites for hydroxylation is 1.